The Morgan fingerprint density at radius 2 is 0.367 bits per heavy atom. The summed E-state index contributed by atoms with van der Waals surface area (Å²) >= 11 is 0. The Hall–Kier alpha value is -16.8. The molecule has 8 aliphatic rings. The summed E-state index contributed by atoms with van der Waals surface area (Å²) in [5, 5.41) is 0. The van der Waals surface area contributed by atoms with Crippen molar-refractivity contribution in [2.75, 3.05) is 0 Å². The molecule has 28 rings (SSSR count). The first-order valence-electron chi connectivity index (χ1n) is 43.6. The van der Waals surface area contributed by atoms with Crippen LogP contribution in [0.3, 0.4) is 0 Å². The van der Waals surface area contributed by atoms with Crippen LogP contribution in [0.15, 0.2) is 413 Å². The summed E-state index contributed by atoms with van der Waals surface area (Å²) in [6.07, 6.45) is 0. The Balaban J connectivity index is 0.599. The minimum Gasteiger partial charge on any atom is -0.457 e. The summed E-state index contributed by atoms with van der Waals surface area (Å²) in [7, 11) is 0. The van der Waals surface area contributed by atoms with Crippen LogP contribution in [-0.2, 0) is 21.7 Å². The lowest BCUT2D eigenvalue weighted by atomic mass is 9.64. The SMILES string of the molecule is c1ccc(-c2nc(-c3ccc4c(c3)C3(c5ccccc5Oc5ccccc53)c3ccccc3-4)nc(-c3ccc4c(c3)C3(c5ccccc5Oc5cc(-c6ccc7c(c6)Oc6ccccc6C76c7ccccc7-c7cccc(-c8nc(-c9ccccc9)nc(-c9cccc%10c9C9(c%11ccccc%11Oc%11ccccc%119)c9ccccc9-%10)n8)c76)ccc53)c3ccccc3-4)n2)cc1. The third kappa shape index (κ3) is 9.37. The molecule has 10 nitrogen and oxygen atoms in total. The van der Waals surface area contributed by atoms with Gasteiger partial charge in [-0.15, -0.1) is 0 Å². The highest BCUT2D eigenvalue weighted by Crippen LogP contribution is 2.69. The molecule has 4 aliphatic carbocycles. The third-order valence-electron chi connectivity index (χ3n) is 28.3. The van der Waals surface area contributed by atoms with Gasteiger partial charge >= 0.3 is 0 Å². The molecule has 20 aromatic rings. The molecule has 2 aromatic heterocycles. The number of para-hydroxylation sites is 6. The van der Waals surface area contributed by atoms with Crippen molar-refractivity contribution < 1.29 is 18.9 Å². The van der Waals surface area contributed by atoms with Crippen molar-refractivity contribution >= 4 is 0 Å². The first-order chi connectivity index (χ1) is 63.4. The minimum atomic E-state index is -0.951. The maximum Gasteiger partial charge on any atom is 0.164 e. The van der Waals surface area contributed by atoms with Crippen molar-refractivity contribution in [3.8, 4) is 170 Å². The van der Waals surface area contributed by atoms with Gasteiger partial charge in [0.25, 0.3) is 0 Å². The number of hydrogen-bond acceptors (Lipinski definition) is 10. The Kier molecular flexibility index (Phi) is 14.6. The predicted molar refractivity (Wildman–Crippen MR) is 501 cm³/mol. The van der Waals surface area contributed by atoms with E-state index in [1.807, 2.05) is 24.3 Å². The van der Waals surface area contributed by atoms with E-state index in [9.17, 15) is 0 Å². The lowest BCUT2D eigenvalue weighted by Gasteiger charge is -2.40. The lowest BCUT2D eigenvalue weighted by molar-refractivity contribution is 0.435. The summed E-state index contributed by atoms with van der Waals surface area (Å²) in [4.78, 5) is 33.7. The standard InChI is InChI=1S/C118H68N6O4/c1-3-29-69(30-4-1)109-119-111(73-57-61-79-75-33-7-11-41-85(75)115(97(79)65-73)89-45-15-21-51-99(89)125-100-52-22-16-46-90(100)115)121-112(120-109)74-58-62-80-76-34-8-12-42-86(76)116(98(80)66-74)91-47-17-23-53-101(91)127-105-67-71(59-63-95(105)116)72-60-64-96-106(68-72)128-104-56-26-20-50-94(104)118(96)88-44-14-10-36-78(88)82-38-28-40-84(108(82)118)114-123-110(70-31-5-2-6-32-70)122-113(124-114)83-39-27-37-81-77-35-9-13-43-87(77)117(107(81)83)92-48-18-24-54-102(92)126-103-55-25-19-49-93(103)117/h1-68H. The van der Waals surface area contributed by atoms with E-state index in [-0.39, 0.29) is 0 Å². The second-order valence-corrected chi connectivity index (χ2v) is 34.3. The molecule has 0 amide bonds. The Labute approximate surface area is 737 Å². The van der Waals surface area contributed by atoms with Gasteiger partial charge in [0.15, 0.2) is 34.9 Å². The van der Waals surface area contributed by atoms with Crippen molar-refractivity contribution in [1.29, 1.82) is 0 Å². The zero-order chi connectivity index (χ0) is 83.7. The predicted octanol–water partition coefficient (Wildman–Crippen LogP) is 27.6. The van der Waals surface area contributed by atoms with Crippen LogP contribution in [0.1, 0.15) is 89.0 Å². The Morgan fingerprint density at radius 1 is 0.133 bits per heavy atom. The summed E-state index contributed by atoms with van der Waals surface area (Å²) in [6, 6.07) is 148. The summed E-state index contributed by atoms with van der Waals surface area (Å²) < 4.78 is 28.4. The maximum absolute atomic E-state index is 7.43. The second kappa shape index (κ2) is 26.4. The molecule has 0 radical (unpaired) electrons. The van der Waals surface area contributed by atoms with Gasteiger partial charge in [0.1, 0.15) is 46.0 Å². The molecule has 0 fully saturated rings. The number of nitrogens with zero attached hydrogens (tertiary/aromatic N) is 6. The lowest BCUT2D eigenvalue weighted by Crippen LogP contribution is -2.33. The van der Waals surface area contributed by atoms with E-state index in [1.54, 1.807) is 0 Å². The molecule has 4 spiro atoms. The quantitative estimate of drug-likeness (QED) is 0.153. The van der Waals surface area contributed by atoms with Crippen LogP contribution in [-0.4, -0.2) is 29.9 Å². The van der Waals surface area contributed by atoms with Crippen LogP contribution in [0.4, 0.5) is 0 Å². The van der Waals surface area contributed by atoms with E-state index >= 15 is 0 Å². The van der Waals surface area contributed by atoms with Crippen LogP contribution in [0.2, 0.25) is 0 Å². The van der Waals surface area contributed by atoms with Crippen LogP contribution in [0.25, 0.3) is 124 Å². The highest BCUT2D eigenvalue weighted by molar-refractivity contribution is 5.99. The normalized spacial score (nSPS) is 16.1. The molecule has 6 heterocycles. The van der Waals surface area contributed by atoms with Crippen molar-refractivity contribution in [1.82, 2.24) is 29.9 Å². The van der Waals surface area contributed by atoms with E-state index in [1.165, 1.54) is 16.7 Å². The van der Waals surface area contributed by atoms with Gasteiger partial charge in [-0.2, -0.15) is 0 Å². The van der Waals surface area contributed by atoms with Gasteiger partial charge in [-0.05, 0) is 161 Å². The number of rotatable bonds is 7. The summed E-state index contributed by atoms with van der Waals surface area (Å²) in [5.41, 5.74) is 30.3. The summed E-state index contributed by atoms with van der Waals surface area (Å²) in [6.45, 7) is 0. The molecule has 2 unspecified atom stereocenters. The third-order valence-corrected chi connectivity index (χ3v) is 28.3. The van der Waals surface area contributed by atoms with Crippen LogP contribution >= 0.6 is 0 Å². The molecule has 10 heteroatoms. The van der Waals surface area contributed by atoms with Gasteiger partial charge in [0, 0.05) is 77.9 Å². The number of aromatic nitrogens is 6. The topological polar surface area (TPSA) is 114 Å². The molecule has 128 heavy (non-hydrogen) atoms. The molecule has 2 atom stereocenters. The number of fused-ring (bicyclic) bond motifs is 36. The Bertz CT molecular complexity index is 8180. The zero-order valence-corrected chi connectivity index (χ0v) is 68.6. The fourth-order valence-electron chi connectivity index (χ4n) is 23.3. The summed E-state index contributed by atoms with van der Waals surface area (Å²) in [5.74, 6) is 9.62. The van der Waals surface area contributed by atoms with Crippen molar-refractivity contribution in [2.24, 2.45) is 0 Å². The van der Waals surface area contributed by atoms with E-state index in [2.05, 4.69) is 388 Å². The second-order valence-electron chi connectivity index (χ2n) is 34.3. The maximum atomic E-state index is 7.43. The van der Waals surface area contributed by atoms with E-state index in [0.29, 0.717) is 34.9 Å². The smallest absolute Gasteiger partial charge is 0.164 e. The molecule has 0 bridgehead atoms. The highest BCUT2D eigenvalue weighted by atomic mass is 16.5. The molecular formula is C118H68N6O4. The van der Waals surface area contributed by atoms with Gasteiger partial charge in [-0.25, -0.2) is 29.9 Å². The van der Waals surface area contributed by atoms with Gasteiger partial charge < -0.3 is 18.9 Å². The van der Waals surface area contributed by atoms with Gasteiger partial charge in [-0.3, -0.25) is 0 Å². The van der Waals surface area contributed by atoms with E-state index in [0.717, 1.165) is 207 Å². The average molecular weight is 1630 g/mol. The zero-order valence-electron chi connectivity index (χ0n) is 68.6. The van der Waals surface area contributed by atoms with Crippen LogP contribution in [0.5, 0.6) is 46.0 Å². The van der Waals surface area contributed by atoms with Crippen LogP contribution < -0.4 is 18.9 Å². The van der Waals surface area contributed by atoms with Crippen LogP contribution in [0, 0.1) is 0 Å². The highest BCUT2D eigenvalue weighted by Gasteiger charge is 2.57. The van der Waals surface area contributed by atoms with E-state index < -0.39 is 21.7 Å². The molecule has 0 saturated carbocycles. The number of benzene rings is 18. The molecule has 594 valence electrons. The fourth-order valence-corrected chi connectivity index (χ4v) is 23.3. The van der Waals surface area contributed by atoms with Gasteiger partial charge in [0.2, 0.25) is 0 Å². The average Bonchev–Trinajstić information content (AvgIpc) is 1.52. The van der Waals surface area contributed by atoms with Crippen molar-refractivity contribution in [3.63, 3.8) is 0 Å². The van der Waals surface area contributed by atoms with Crippen molar-refractivity contribution in [2.45, 2.75) is 21.7 Å². The first-order valence-corrected chi connectivity index (χ1v) is 43.6. The van der Waals surface area contributed by atoms with Crippen molar-refractivity contribution in [3.05, 3.63) is 502 Å². The van der Waals surface area contributed by atoms with Gasteiger partial charge in [0.05, 0.1) is 21.7 Å². The molecular weight excluding hydrogens is 1570 g/mol. The fraction of sp³-hybridized carbons (Fsp3) is 0.0339. The first kappa shape index (κ1) is 70.7. The Morgan fingerprint density at radius 3 is 0.734 bits per heavy atom. The number of ether oxygens (including phenoxy) is 4. The minimum absolute atomic E-state index is 0.546. The van der Waals surface area contributed by atoms with Gasteiger partial charge in [-0.1, -0.05) is 352 Å². The molecule has 18 aromatic carbocycles. The molecule has 4 aliphatic heterocycles. The largest absolute Gasteiger partial charge is 0.457 e. The van der Waals surface area contributed by atoms with E-state index in [4.69, 9.17) is 48.9 Å². The monoisotopic (exact) mass is 1630 g/mol. The molecule has 0 N–H and O–H groups in total. The molecule has 0 saturated heterocycles. The number of hydrogen-bond donors (Lipinski definition) is 0.